The number of carboxylic acids is 1. The molecule has 1 aliphatic carbocycles. The molecule has 6 aliphatic rings. The van der Waals surface area contributed by atoms with E-state index < -0.39 is 240 Å². The maximum atomic E-state index is 14.1. The number of ketones is 1. The van der Waals surface area contributed by atoms with E-state index in [1.807, 2.05) is 6.08 Å². The van der Waals surface area contributed by atoms with Crippen LogP contribution in [0.25, 0.3) is 0 Å². The molecule has 0 saturated carbocycles. The first-order chi connectivity index (χ1) is 50.9. The Hall–Kier alpha value is -5.28. The number of phosphoric ester groups is 1. The number of aliphatic carboxylic acids is 1. The molecule has 0 spiro atoms. The number of hydrogen-bond donors (Lipinski definition) is 18. The number of allylic oxidation sites excluding steroid dienone is 10. The predicted molar refractivity (Wildman–Crippen MR) is 378 cm³/mol. The second kappa shape index (κ2) is 42.4. The van der Waals surface area contributed by atoms with Crippen LogP contribution in [0.2, 0.25) is 0 Å². The second-order valence-corrected chi connectivity index (χ2v) is 30.3. The van der Waals surface area contributed by atoms with E-state index in [0.29, 0.717) is 12.8 Å². The molecule has 623 valence electrons. The first-order valence-electron chi connectivity index (χ1n) is 35.4. The van der Waals surface area contributed by atoms with Crippen LogP contribution in [-0.2, 0) is 94.5 Å². The minimum Gasteiger partial charge on any atom is -0.510 e. The first kappa shape index (κ1) is 95.3. The Morgan fingerprint density at radius 3 is 1.87 bits per heavy atom. The van der Waals surface area contributed by atoms with Crippen LogP contribution in [0.3, 0.4) is 0 Å². The summed E-state index contributed by atoms with van der Waals surface area (Å²) < 4.78 is 88.9. The van der Waals surface area contributed by atoms with Gasteiger partial charge in [0.05, 0.1) is 32.5 Å². The van der Waals surface area contributed by atoms with Gasteiger partial charge in [0.25, 0.3) is 5.91 Å². The molecule has 5 aliphatic heterocycles. The molecule has 3 radical (unpaired) electrons. The molecular formula is C69H108BiN5O34P. The summed E-state index contributed by atoms with van der Waals surface area (Å²) in [4.78, 5) is 102. The zero-order chi connectivity index (χ0) is 81.5. The second-order valence-electron chi connectivity index (χ2n) is 28.9. The van der Waals surface area contributed by atoms with Crippen LogP contribution in [0.5, 0.6) is 0 Å². The summed E-state index contributed by atoms with van der Waals surface area (Å²) in [5, 5.41) is 139. The summed E-state index contributed by atoms with van der Waals surface area (Å²) in [7, 11) is -5.85. The van der Waals surface area contributed by atoms with Gasteiger partial charge in [0.15, 0.2) is 67.8 Å². The SMILES string of the molecule is C=C(C/C=C(\C)CCC=C(C)C)CCC(C)(C)/C=C/CC/C(C)=C\CO[C@H](COP(=O)(O)OC1O[C@H](C(N)=O)[C@@](C)(O)[C@H](OC(N)=O)[C@H]1O[C@@H]1O[C@H](CO[C@@H]2O[C@H](CO)[C@@H](O)[C@H](O)[C@H]2O)[C@@H](O[C@@H]2O[C@H](C)[C@@H](O[C@@H]3O[C@H](C(=O)NC4=C(O)CCC4=O)[C@H](O)[C@H](O)[C@H]3O)[C@H](O)[C@H]2NC(C)=O)[C@H](O)[C@H]1NC(C)=O)C(=O)O.[Bi]. The number of primary amides is 2. The third-order valence-corrected chi connectivity index (χ3v) is 19.9. The molecule has 2 unspecified atom stereocenters. The third kappa shape index (κ3) is 26.4. The number of aliphatic hydroxyl groups is 11. The quantitative estimate of drug-likeness (QED) is 0.0175. The zero-order valence-corrected chi connectivity index (χ0v) is 67.0. The van der Waals surface area contributed by atoms with Gasteiger partial charge in [0.1, 0.15) is 102 Å². The van der Waals surface area contributed by atoms with Gasteiger partial charge in [-0.3, -0.25) is 33.0 Å². The summed E-state index contributed by atoms with van der Waals surface area (Å²) in [5.41, 5.74) is 12.0. The molecule has 20 N–H and O–H groups in total. The molecule has 5 amide bonds. The maximum absolute atomic E-state index is 14.1. The van der Waals surface area contributed by atoms with Crippen molar-refractivity contribution in [1.82, 2.24) is 16.0 Å². The Labute approximate surface area is 653 Å². The number of amides is 5. The number of ether oxygens (including phenoxy) is 11. The van der Waals surface area contributed by atoms with E-state index in [1.54, 1.807) is 13.0 Å². The van der Waals surface area contributed by atoms with Gasteiger partial charge in [0, 0.05) is 52.9 Å². The smallest absolute Gasteiger partial charge is 0.474 e. The number of carboxylic acid groups (broad SMARTS) is 1. The molecular weight excluding hydrogens is 1680 g/mol. The van der Waals surface area contributed by atoms with Gasteiger partial charge < -0.3 is 146 Å². The molecule has 27 atom stereocenters. The topological polar surface area (TPSA) is 608 Å². The van der Waals surface area contributed by atoms with E-state index >= 15 is 0 Å². The summed E-state index contributed by atoms with van der Waals surface area (Å²) in [6.45, 7) is 16.8. The number of aliphatic hydroxyl groups excluding tert-OH is 10. The Kier molecular flexibility index (Phi) is 36.7. The molecule has 41 heteroatoms. The van der Waals surface area contributed by atoms with Gasteiger partial charge in [-0.2, -0.15) is 0 Å². The largest absolute Gasteiger partial charge is 0.510 e. The number of phosphoric acid groups is 1. The molecule has 5 heterocycles. The summed E-state index contributed by atoms with van der Waals surface area (Å²) in [5.74, 6) is -7.66. The standard InChI is InChI=1S/C69H108N5O34P.Bi/c1-30(2)15-14-17-31(3)18-19-33(5)22-25-68(9,10)24-13-12-16-32(4)23-26-96-41(61(90)91)29-98-109(94,95)108-66-56(57(107-67(71)92)69(11,93)58(106-66)59(70)88)105-63-44(73-36(8)77)47(82)54(40(101-63)28-97-64-51(86)48(83)45(80)39(27-75)100-64)103-62-43(72-35(7)76)46(81)53(34(6)99-62)102-65-52(87)49(84)50(85)55(104-65)60(89)74-42-37(78)20-21-38(42)79;/h13,15,18,23-24,34,39-41,43-58,62-66,75,78,80-87,93H,5,12,14,16-17,19-22,25-29H2,1-4,6-11H3,(H2,70,88)(H2,71,92)(H,72,76)(H,73,77)(H,74,89)(H,90,91)(H,94,95);/b24-13+,31-18+,32-23-;/t34-,39-,40-,41-,43-,44-,45-,46-,47-,48+,49+,50-,51-,52-,53-,54-,55+,56-,57-,58-,62+,63+,64-,65-,66?,69+;/m1./s1. The van der Waals surface area contributed by atoms with E-state index in [4.69, 9.17) is 72.6 Å². The van der Waals surface area contributed by atoms with Crippen LogP contribution >= 0.6 is 7.82 Å². The van der Waals surface area contributed by atoms with E-state index in [-0.39, 0.29) is 51.1 Å². The van der Waals surface area contributed by atoms with E-state index in [9.17, 15) is 104 Å². The number of carbonyl (C=O) groups excluding carboxylic acids is 6. The molecule has 110 heavy (non-hydrogen) atoms. The van der Waals surface area contributed by atoms with E-state index in [2.05, 4.69) is 75.4 Å². The molecule has 5 saturated heterocycles. The number of Topliss-reactive ketones (excluding diaryl/α,β-unsaturated/α-hetero) is 1. The molecule has 5 fully saturated rings. The minimum atomic E-state index is -5.85. The number of nitrogens with one attached hydrogen (secondary N) is 3. The van der Waals surface area contributed by atoms with Crippen LogP contribution in [0.1, 0.15) is 127 Å². The van der Waals surface area contributed by atoms with Crippen molar-refractivity contribution in [1.29, 1.82) is 0 Å². The average molecular weight is 1790 g/mol. The Bertz CT molecular complexity index is 3370. The van der Waals surface area contributed by atoms with Crippen molar-refractivity contribution in [2.75, 3.05) is 26.4 Å². The van der Waals surface area contributed by atoms with Crippen LogP contribution < -0.4 is 27.4 Å². The molecule has 0 bridgehead atoms. The number of carbonyl (C=O) groups is 7. The van der Waals surface area contributed by atoms with Crippen LogP contribution in [0.15, 0.2) is 70.7 Å². The van der Waals surface area contributed by atoms with Crippen molar-refractivity contribution < 1.29 is 165 Å². The van der Waals surface area contributed by atoms with Crippen molar-refractivity contribution >= 4 is 75.5 Å². The average Bonchev–Trinajstić information content (AvgIpc) is 1.40. The third-order valence-electron chi connectivity index (χ3n) is 18.9. The Morgan fingerprint density at radius 1 is 0.718 bits per heavy atom. The maximum Gasteiger partial charge on any atom is 0.474 e. The number of rotatable bonds is 37. The van der Waals surface area contributed by atoms with Gasteiger partial charge in [0.2, 0.25) is 17.7 Å². The fourth-order valence-corrected chi connectivity index (χ4v) is 13.5. The van der Waals surface area contributed by atoms with Crippen molar-refractivity contribution in [2.24, 2.45) is 16.9 Å². The summed E-state index contributed by atoms with van der Waals surface area (Å²) >= 11 is 0. The molecule has 0 aromatic carbocycles. The summed E-state index contributed by atoms with van der Waals surface area (Å²) in [6.07, 6.45) is -35.4. The fraction of sp³-hybridized carbons (Fsp3) is 0.725. The molecule has 6 rings (SSSR count). The predicted octanol–water partition coefficient (Wildman–Crippen LogP) is -2.41. The van der Waals surface area contributed by atoms with Gasteiger partial charge in [-0.05, 0) is 91.9 Å². The van der Waals surface area contributed by atoms with Gasteiger partial charge >= 0.3 is 19.9 Å². The monoisotopic (exact) mass is 1790 g/mol. The molecule has 39 nitrogen and oxygen atoms in total. The Morgan fingerprint density at radius 2 is 1.29 bits per heavy atom. The van der Waals surface area contributed by atoms with Crippen molar-refractivity contribution in [3.63, 3.8) is 0 Å². The van der Waals surface area contributed by atoms with Crippen LogP contribution in [0, 0.1) is 5.41 Å². The minimum absolute atomic E-state index is 0. The molecule has 0 aromatic rings. The van der Waals surface area contributed by atoms with Gasteiger partial charge in [-0.25, -0.2) is 14.2 Å². The first-order valence-corrected chi connectivity index (χ1v) is 36.9. The molecule has 0 aromatic heterocycles. The normalized spacial score (nSPS) is 35.3. The number of nitrogens with two attached hydrogens (primary N) is 2. The van der Waals surface area contributed by atoms with Crippen LogP contribution in [0.4, 0.5) is 4.79 Å². The fourth-order valence-electron chi connectivity index (χ4n) is 12.6. The van der Waals surface area contributed by atoms with Crippen LogP contribution in [-0.4, -0.2) is 319 Å². The van der Waals surface area contributed by atoms with Gasteiger partial charge in [-0.1, -0.05) is 73.1 Å². The zero-order valence-electron chi connectivity index (χ0n) is 62.7. The number of hydrogen-bond acceptors (Lipinski definition) is 32. The van der Waals surface area contributed by atoms with Gasteiger partial charge in [-0.15, -0.1) is 0 Å². The van der Waals surface area contributed by atoms with E-state index in [1.165, 1.54) is 18.1 Å². The van der Waals surface area contributed by atoms with Crippen molar-refractivity contribution in [2.45, 2.75) is 286 Å². The van der Waals surface area contributed by atoms with Crippen molar-refractivity contribution in [3.8, 4) is 0 Å². The summed E-state index contributed by atoms with van der Waals surface area (Å²) in [6, 6.07) is -4.00. The Balaban J connectivity index is 0.0000217. The van der Waals surface area contributed by atoms with Crippen molar-refractivity contribution in [3.05, 3.63) is 70.7 Å². The van der Waals surface area contributed by atoms with E-state index in [0.717, 1.165) is 64.0 Å².